The van der Waals surface area contributed by atoms with Gasteiger partial charge in [-0.25, -0.2) is 8.42 Å². The van der Waals surface area contributed by atoms with Crippen LogP contribution in [0.15, 0.2) is 59.5 Å². The number of carbonyl (C=O) groups is 1. The monoisotopic (exact) mass is 388 g/mol. The number of carbonyl (C=O) groups excluding carboxylic acids is 1. The Kier molecular flexibility index (Phi) is 6.26. The molecule has 0 aliphatic carbocycles. The molecule has 144 valence electrons. The van der Waals surface area contributed by atoms with Crippen molar-refractivity contribution in [2.45, 2.75) is 36.8 Å². The van der Waals surface area contributed by atoms with E-state index >= 15 is 0 Å². The van der Waals surface area contributed by atoms with Crippen LogP contribution in [-0.4, -0.2) is 38.3 Å². The third kappa shape index (κ3) is 4.55. The molecule has 6 nitrogen and oxygen atoms in total. The van der Waals surface area contributed by atoms with Crippen LogP contribution in [0.5, 0.6) is 0 Å². The molecular formula is C20H24N2O4S. The Labute approximate surface area is 160 Å². The maximum Gasteiger partial charge on any atom is 0.243 e. The lowest BCUT2D eigenvalue weighted by molar-refractivity contribution is -0.120. The molecule has 1 aliphatic rings. The molecular weight excluding hydrogens is 364 g/mol. The minimum absolute atomic E-state index is 0.216. The minimum Gasteiger partial charge on any atom is -0.380 e. The van der Waals surface area contributed by atoms with Crippen molar-refractivity contribution < 1.29 is 17.9 Å². The largest absolute Gasteiger partial charge is 0.380 e. The molecule has 1 fully saturated rings. The number of nitrogens with one attached hydrogen (secondary N) is 1. The van der Waals surface area contributed by atoms with E-state index in [4.69, 9.17) is 4.74 Å². The van der Waals surface area contributed by atoms with Crippen LogP contribution in [0.3, 0.4) is 0 Å². The van der Waals surface area contributed by atoms with Gasteiger partial charge >= 0.3 is 0 Å². The van der Waals surface area contributed by atoms with Gasteiger partial charge in [-0.2, -0.15) is 4.31 Å². The summed E-state index contributed by atoms with van der Waals surface area (Å²) in [7, 11) is -2.08. The van der Waals surface area contributed by atoms with Gasteiger partial charge in [-0.1, -0.05) is 36.8 Å². The maximum absolute atomic E-state index is 13.0. The van der Waals surface area contributed by atoms with Crippen molar-refractivity contribution in [2.24, 2.45) is 0 Å². The van der Waals surface area contributed by atoms with Gasteiger partial charge in [0.05, 0.1) is 11.5 Å². The molecule has 1 atom stereocenters. The first kappa shape index (κ1) is 19.5. The van der Waals surface area contributed by atoms with Crippen molar-refractivity contribution in [1.29, 1.82) is 0 Å². The number of benzene rings is 2. The van der Waals surface area contributed by atoms with E-state index in [2.05, 4.69) is 5.32 Å². The highest BCUT2D eigenvalue weighted by atomic mass is 32.2. The molecule has 2 aromatic carbocycles. The summed E-state index contributed by atoms with van der Waals surface area (Å²) in [5.74, 6) is -0.298. The van der Waals surface area contributed by atoms with Gasteiger partial charge in [0.2, 0.25) is 15.9 Å². The van der Waals surface area contributed by atoms with Crippen molar-refractivity contribution in [3.05, 3.63) is 60.2 Å². The Morgan fingerprint density at radius 3 is 2.48 bits per heavy atom. The summed E-state index contributed by atoms with van der Waals surface area (Å²) in [6.07, 6.45) is 2.09. The van der Waals surface area contributed by atoms with E-state index in [1.54, 1.807) is 49.6 Å². The Balaban J connectivity index is 1.77. The van der Waals surface area contributed by atoms with Gasteiger partial charge in [-0.05, 0) is 42.7 Å². The number of ether oxygens (including phenoxy) is 1. The maximum atomic E-state index is 13.0. The van der Waals surface area contributed by atoms with Gasteiger partial charge in [-0.3, -0.25) is 4.79 Å². The van der Waals surface area contributed by atoms with Crippen LogP contribution in [0.1, 0.15) is 24.8 Å². The van der Waals surface area contributed by atoms with E-state index in [1.165, 1.54) is 4.31 Å². The minimum atomic E-state index is -3.71. The van der Waals surface area contributed by atoms with E-state index in [0.29, 0.717) is 25.3 Å². The lowest BCUT2D eigenvalue weighted by Crippen LogP contribution is -2.49. The molecule has 1 unspecified atom stereocenters. The third-order valence-corrected chi connectivity index (χ3v) is 6.56. The van der Waals surface area contributed by atoms with Crippen LogP contribution in [0.2, 0.25) is 0 Å². The molecule has 0 spiro atoms. The van der Waals surface area contributed by atoms with Crippen molar-refractivity contribution in [3.63, 3.8) is 0 Å². The standard InChI is InChI=1S/C20H24N2O4S/c1-26-15-16-10-12-17(13-11-16)21-20(23)19-9-5-6-14-22(19)27(24,25)18-7-3-2-4-8-18/h2-4,7-8,10-13,19H,5-6,9,14-15H2,1H3,(H,21,23). The van der Waals surface area contributed by atoms with E-state index < -0.39 is 16.1 Å². The van der Waals surface area contributed by atoms with Gasteiger partial charge in [0.25, 0.3) is 0 Å². The van der Waals surface area contributed by atoms with Crippen molar-refractivity contribution in [3.8, 4) is 0 Å². The Hall–Kier alpha value is -2.22. The molecule has 1 amide bonds. The number of rotatable bonds is 6. The van der Waals surface area contributed by atoms with Gasteiger partial charge in [-0.15, -0.1) is 0 Å². The first-order valence-corrected chi connectivity index (χ1v) is 10.4. The zero-order valence-corrected chi connectivity index (χ0v) is 16.1. The van der Waals surface area contributed by atoms with E-state index in [-0.39, 0.29) is 10.8 Å². The SMILES string of the molecule is COCc1ccc(NC(=O)C2CCCCN2S(=O)(=O)c2ccccc2)cc1. The normalized spacial score (nSPS) is 18.2. The predicted molar refractivity (Wildman–Crippen MR) is 104 cm³/mol. The van der Waals surface area contributed by atoms with E-state index in [1.807, 2.05) is 12.1 Å². The first-order chi connectivity index (χ1) is 13.0. The molecule has 3 rings (SSSR count). The molecule has 1 heterocycles. The number of nitrogens with zero attached hydrogens (tertiary/aromatic N) is 1. The Morgan fingerprint density at radius 1 is 1.11 bits per heavy atom. The Bertz CT molecular complexity index is 867. The molecule has 7 heteroatoms. The van der Waals surface area contributed by atoms with Gasteiger partial charge in [0, 0.05) is 19.3 Å². The first-order valence-electron chi connectivity index (χ1n) is 8.98. The van der Waals surface area contributed by atoms with Crippen LogP contribution < -0.4 is 5.32 Å². The second kappa shape index (κ2) is 8.65. The summed E-state index contributed by atoms with van der Waals surface area (Å²) in [6.45, 7) is 0.849. The summed E-state index contributed by atoms with van der Waals surface area (Å²) in [6, 6.07) is 14.9. The molecule has 1 saturated heterocycles. The molecule has 0 radical (unpaired) electrons. The summed E-state index contributed by atoms with van der Waals surface area (Å²) < 4.78 is 32.4. The number of methoxy groups -OCH3 is 1. The van der Waals surface area contributed by atoms with Gasteiger partial charge in [0.15, 0.2) is 0 Å². The highest BCUT2D eigenvalue weighted by Crippen LogP contribution is 2.26. The number of anilines is 1. The quantitative estimate of drug-likeness (QED) is 0.825. The number of piperidine rings is 1. The lowest BCUT2D eigenvalue weighted by atomic mass is 10.0. The van der Waals surface area contributed by atoms with E-state index in [9.17, 15) is 13.2 Å². The summed E-state index contributed by atoms with van der Waals surface area (Å²) in [4.78, 5) is 13.0. The number of amides is 1. The van der Waals surface area contributed by atoms with Gasteiger partial charge in [0.1, 0.15) is 6.04 Å². The van der Waals surface area contributed by atoms with Crippen LogP contribution in [0.4, 0.5) is 5.69 Å². The molecule has 1 N–H and O–H groups in total. The molecule has 0 bridgehead atoms. The van der Waals surface area contributed by atoms with Crippen molar-refractivity contribution in [2.75, 3.05) is 19.0 Å². The van der Waals surface area contributed by atoms with Gasteiger partial charge < -0.3 is 10.1 Å². The highest BCUT2D eigenvalue weighted by Gasteiger charge is 2.37. The summed E-state index contributed by atoms with van der Waals surface area (Å²) in [5.41, 5.74) is 1.64. The number of hydrogen-bond acceptors (Lipinski definition) is 4. The molecule has 0 aromatic heterocycles. The fourth-order valence-electron chi connectivity index (χ4n) is 3.26. The smallest absolute Gasteiger partial charge is 0.243 e. The number of hydrogen-bond donors (Lipinski definition) is 1. The van der Waals surface area contributed by atoms with Crippen LogP contribution >= 0.6 is 0 Å². The fourth-order valence-corrected chi connectivity index (χ4v) is 4.94. The fraction of sp³-hybridized carbons (Fsp3) is 0.350. The molecule has 2 aromatic rings. The van der Waals surface area contributed by atoms with Crippen LogP contribution in [0, 0.1) is 0 Å². The summed E-state index contributed by atoms with van der Waals surface area (Å²) in [5, 5.41) is 2.85. The summed E-state index contributed by atoms with van der Waals surface area (Å²) >= 11 is 0. The lowest BCUT2D eigenvalue weighted by Gasteiger charge is -2.33. The van der Waals surface area contributed by atoms with E-state index in [0.717, 1.165) is 18.4 Å². The van der Waals surface area contributed by atoms with Crippen LogP contribution in [0.25, 0.3) is 0 Å². The van der Waals surface area contributed by atoms with Crippen LogP contribution in [-0.2, 0) is 26.2 Å². The highest BCUT2D eigenvalue weighted by molar-refractivity contribution is 7.89. The average molecular weight is 388 g/mol. The Morgan fingerprint density at radius 2 is 1.81 bits per heavy atom. The second-order valence-corrected chi connectivity index (χ2v) is 8.45. The molecule has 1 aliphatic heterocycles. The van der Waals surface area contributed by atoms with Crippen molar-refractivity contribution in [1.82, 2.24) is 4.31 Å². The molecule has 27 heavy (non-hydrogen) atoms. The van der Waals surface area contributed by atoms with Crippen molar-refractivity contribution >= 4 is 21.6 Å². The average Bonchev–Trinajstić information content (AvgIpc) is 2.70. The zero-order chi connectivity index (χ0) is 19.3. The third-order valence-electron chi connectivity index (χ3n) is 4.64. The zero-order valence-electron chi connectivity index (χ0n) is 15.3. The topological polar surface area (TPSA) is 75.7 Å². The molecule has 0 saturated carbocycles. The second-order valence-electron chi connectivity index (χ2n) is 6.56. The predicted octanol–water partition coefficient (Wildman–Crippen LogP) is 3.01. The number of sulfonamides is 1.